The summed E-state index contributed by atoms with van der Waals surface area (Å²) < 4.78 is 24.6. The van der Waals surface area contributed by atoms with E-state index in [1.54, 1.807) is 48.5 Å². The number of benzene rings is 2. The van der Waals surface area contributed by atoms with Crippen molar-refractivity contribution in [2.45, 2.75) is 32.1 Å². The lowest BCUT2D eigenvalue weighted by Gasteiger charge is -2.21. The molecule has 0 saturated heterocycles. The molecule has 0 aliphatic rings. The molecule has 0 saturated carbocycles. The van der Waals surface area contributed by atoms with Gasteiger partial charge in [0, 0.05) is 10.6 Å². The zero-order valence-electron chi connectivity index (χ0n) is 16.0. The Morgan fingerprint density at radius 2 is 1.61 bits per heavy atom. The number of carbonyl (C=O) groups is 2. The highest BCUT2D eigenvalue weighted by Gasteiger charge is 2.21. The van der Waals surface area contributed by atoms with Crippen LogP contribution in [-0.4, -0.2) is 31.5 Å². The van der Waals surface area contributed by atoms with Crippen LogP contribution in [0, 0.1) is 0 Å². The van der Waals surface area contributed by atoms with Crippen LogP contribution in [0.4, 0.5) is 5.69 Å². The van der Waals surface area contributed by atoms with Crippen molar-refractivity contribution in [3.8, 4) is 0 Å². The van der Waals surface area contributed by atoms with Crippen LogP contribution in [0.25, 0.3) is 0 Å². The van der Waals surface area contributed by atoms with E-state index in [0.717, 1.165) is 0 Å². The normalized spacial score (nSPS) is 11.7. The molecule has 150 valence electrons. The van der Waals surface area contributed by atoms with Gasteiger partial charge in [0.1, 0.15) is 5.75 Å². The molecule has 0 spiro atoms. The Morgan fingerprint density at radius 3 is 2.21 bits per heavy atom. The second-order valence-electron chi connectivity index (χ2n) is 7.46. The van der Waals surface area contributed by atoms with E-state index in [-0.39, 0.29) is 22.9 Å². The zero-order chi connectivity index (χ0) is 20.9. The van der Waals surface area contributed by atoms with Crippen molar-refractivity contribution in [3.63, 3.8) is 0 Å². The standard InChI is InChI=1S/C20H23ClN2O4S/c1-20(2,3)23-19(25)16-6-4-5-7-17(16)22-18(24)13-28(26,27)12-14-8-10-15(21)11-9-14/h4-11H,12-13H2,1-3H3,(H,22,24)(H,23,25). The molecular formula is C20H23ClN2O4S. The van der Waals surface area contributed by atoms with Gasteiger partial charge in [-0.2, -0.15) is 0 Å². The maximum absolute atomic E-state index is 12.4. The highest BCUT2D eigenvalue weighted by atomic mass is 35.5. The largest absolute Gasteiger partial charge is 0.347 e. The van der Waals surface area contributed by atoms with Crippen molar-refractivity contribution in [1.82, 2.24) is 5.32 Å². The second kappa shape index (κ2) is 8.75. The Labute approximate surface area is 170 Å². The number of nitrogens with one attached hydrogen (secondary N) is 2. The average molecular weight is 423 g/mol. The SMILES string of the molecule is CC(C)(C)NC(=O)c1ccccc1NC(=O)CS(=O)(=O)Cc1ccc(Cl)cc1. The van der Waals surface area contributed by atoms with Gasteiger partial charge in [0.15, 0.2) is 9.84 Å². The molecule has 0 radical (unpaired) electrons. The summed E-state index contributed by atoms with van der Waals surface area (Å²) in [5, 5.41) is 5.85. The Balaban J connectivity index is 2.08. The van der Waals surface area contributed by atoms with E-state index in [0.29, 0.717) is 10.6 Å². The molecule has 2 aromatic carbocycles. The summed E-state index contributed by atoms with van der Waals surface area (Å²) in [4.78, 5) is 24.7. The number of para-hydroxylation sites is 1. The van der Waals surface area contributed by atoms with Crippen molar-refractivity contribution in [1.29, 1.82) is 0 Å². The van der Waals surface area contributed by atoms with Crippen LogP contribution in [0.3, 0.4) is 0 Å². The van der Waals surface area contributed by atoms with Crippen molar-refractivity contribution in [2.24, 2.45) is 0 Å². The van der Waals surface area contributed by atoms with E-state index in [4.69, 9.17) is 11.6 Å². The number of sulfone groups is 1. The van der Waals surface area contributed by atoms with Gasteiger partial charge >= 0.3 is 0 Å². The molecule has 8 heteroatoms. The van der Waals surface area contributed by atoms with Gasteiger partial charge in [0.05, 0.1) is 17.0 Å². The molecule has 2 rings (SSSR count). The molecule has 0 unspecified atom stereocenters. The van der Waals surface area contributed by atoms with E-state index in [1.165, 1.54) is 0 Å². The molecule has 28 heavy (non-hydrogen) atoms. The Hall–Kier alpha value is -2.38. The van der Waals surface area contributed by atoms with Crippen LogP contribution in [0.2, 0.25) is 5.02 Å². The van der Waals surface area contributed by atoms with Gasteiger partial charge in [-0.25, -0.2) is 8.42 Å². The molecule has 2 N–H and O–H groups in total. The third-order valence-corrected chi connectivity index (χ3v) is 5.31. The summed E-state index contributed by atoms with van der Waals surface area (Å²) in [6, 6.07) is 12.8. The van der Waals surface area contributed by atoms with E-state index >= 15 is 0 Å². The summed E-state index contributed by atoms with van der Waals surface area (Å²) in [5.41, 5.74) is 0.620. The Bertz CT molecular complexity index is 964. The van der Waals surface area contributed by atoms with E-state index in [9.17, 15) is 18.0 Å². The van der Waals surface area contributed by atoms with Gasteiger partial charge in [0.25, 0.3) is 5.91 Å². The quantitative estimate of drug-likeness (QED) is 0.745. The first-order valence-corrected chi connectivity index (χ1v) is 10.8. The number of amides is 2. The number of rotatable bonds is 6. The van der Waals surface area contributed by atoms with Gasteiger partial charge in [0.2, 0.25) is 5.91 Å². The topological polar surface area (TPSA) is 92.3 Å². The van der Waals surface area contributed by atoms with Crippen molar-refractivity contribution in [2.75, 3.05) is 11.1 Å². The number of carbonyl (C=O) groups excluding carboxylic acids is 2. The first kappa shape index (κ1) is 21.9. The molecule has 0 fully saturated rings. The average Bonchev–Trinajstić information content (AvgIpc) is 2.55. The van der Waals surface area contributed by atoms with Crippen molar-refractivity contribution < 1.29 is 18.0 Å². The summed E-state index contributed by atoms with van der Waals surface area (Å²) in [6.45, 7) is 5.53. The number of anilines is 1. The highest BCUT2D eigenvalue weighted by Crippen LogP contribution is 2.17. The number of hydrogen-bond donors (Lipinski definition) is 2. The number of hydrogen-bond acceptors (Lipinski definition) is 4. The summed E-state index contributed by atoms with van der Waals surface area (Å²) in [5.74, 6) is -2.02. The smallest absolute Gasteiger partial charge is 0.253 e. The van der Waals surface area contributed by atoms with E-state index in [1.807, 2.05) is 20.8 Å². The van der Waals surface area contributed by atoms with Crippen LogP contribution in [0.1, 0.15) is 36.7 Å². The molecule has 0 heterocycles. The van der Waals surface area contributed by atoms with E-state index < -0.39 is 27.0 Å². The fourth-order valence-electron chi connectivity index (χ4n) is 2.47. The fourth-order valence-corrected chi connectivity index (χ4v) is 3.87. The lowest BCUT2D eigenvalue weighted by molar-refractivity contribution is -0.113. The van der Waals surface area contributed by atoms with Gasteiger partial charge in [-0.1, -0.05) is 35.9 Å². The lowest BCUT2D eigenvalue weighted by Crippen LogP contribution is -2.41. The molecule has 0 aliphatic carbocycles. The zero-order valence-corrected chi connectivity index (χ0v) is 17.5. The molecule has 2 aromatic rings. The lowest BCUT2D eigenvalue weighted by atomic mass is 10.1. The first-order valence-electron chi connectivity index (χ1n) is 8.61. The molecule has 0 aliphatic heterocycles. The van der Waals surface area contributed by atoms with Crippen LogP contribution < -0.4 is 10.6 Å². The molecule has 6 nitrogen and oxygen atoms in total. The van der Waals surface area contributed by atoms with Crippen LogP contribution in [-0.2, 0) is 20.4 Å². The Morgan fingerprint density at radius 1 is 1.00 bits per heavy atom. The molecule has 0 bridgehead atoms. The van der Waals surface area contributed by atoms with Gasteiger partial charge in [-0.3, -0.25) is 9.59 Å². The maximum Gasteiger partial charge on any atom is 0.253 e. The maximum atomic E-state index is 12.4. The monoisotopic (exact) mass is 422 g/mol. The first-order chi connectivity index (χ1) is 13.0. The predicted molar refractivity (Wildman–Crippen MR) is 111 cm³/mol. The second-order valence-corrected chi connectivity index (χ2v) is 9.96. The predicted octanol–water partition coefficient (Wildman–Crippen LogP) is 3.42. The van der Waals surface area contributed by atoms with Gasteiger partial charge in [-0.15, -0.1) is 0 Å². The summed E-state index contributed by atoms with van der Waals surface area (Å²) in [6.07, 6.45) is 0. The minimum atomic E-state index is -3.68. The summed E-state index contributed by atoms with van der Waals surface area (Å²) in [7, 11) is -3.68. The molecular weight excluding hydrogens is 400 g/mol. The molecule has 2 amide bonds. The van der Waals surface area contributed by atoms with Crippen LogP contribution in [0.5, 0.6) is 0 Å². The Kier molecular flexibility index (Phi) is 6.85. The fraction of sp³-hybridized carbons (Fsp3) is 0.300. The van der Waals surface area contributed by atoms with Crippen LogP contribution in [0.15, 0.2) is 48.5 Å². The van der Waals surface area contributed by atoms with Crippen LogP contribution >= 0.6 is 11.6 Å². The van der Waals surface area contributed by atoms with Gasteiger partial charge in [-0.05, 0) is 50.6 Å². The van der Waals surface area contributed by atoms with Crippen molar-refractivity contribution >= 4 is 38.9 Å². The minimum Gasteiger partial charge on any atom is -0.347 e. The van der Waals surface area contributed by atoms with E-state index in [2.05, 4.69) is 10.6 Å². The minimum absolute atomic E-state index is 0.260. The third kappa shape index (κ3) is 6.98. The third-order valence-electron chi connectivity index (χ3n) is 3.59. The number of halogens is 1. The summed E-state index contributed by atoms with van der Waals surface area (Å²) >= 11 is 5.79. The van der Waals surface area contributed by atoms with Crippen molar-refractivity contribution in [3.05, 3.63) is 64.7 Å². The molecule has 0 atom stereocenters. The van der Waals surface area contributed by atoms with Gasteiger partial charge < -0.3 is 10.6 Å². The highest BCUT2D eigenvalue weighted by molar-refractivity contribution is 7.91. The molecule has 0 aromatic heterocycles.